The van der Waals surface area contributed by atoms with Crippen molar-refractivity contribution < 1.29 is 4.21 Å². The van der Waals surface area contributed by atoms with Gasteiger partial charge in [0.1, 0.15) is 0 Å². The van der Waals surface area contributed by atoms with Gasteiger partial charge < -0.3 is 4.90 Å². The molecule has 0 bridgehead atoms. The van der Waals surface area contributed by atoms with Gasteiger partial charge in [0, 0.05) is 29.5 Å². The average Bonchev–Trinajstić information content (AvgIpc) is 2.29. The Morgan fingerprint density at radius 2 is 1.94 bits per heavy atom. The van der Waals surface area contributed by atoms with E-state index in [0.717, 1.165) is 16.2 Å². The molecule has 0 N–H and O–H groups in total. The summed E-state index contributed by atoms with van der Waals surface area (Å²) in [6, 6.07) is 7.86. The Morgan fingerprint density at radius 1 is 1.25 bits per heavy atom. The first-order valence-corrected chi connectivity index (χ1v) is 6.39. The van der Waals surface area contributed by atoms with Crippen molar-refractivity contribution in [1.82, 2.24) is 4.90 Å². The maximum absolute atomic E-state index is 12.2. The Hall–Kier alpha value is -1.35. The topological polar surface area (TPSA) is 20.3 Å². The number of allylic oxidation sites excluding steroid dienone is 2. The summed E-state index contributed by atoms with van der Waals surface area (Å²) in [7, 11) is 0.916. The second-order valence-corrected chi connectivity index (χ2v) is 5.46. The Labute approximate surface area is 98.7 Å². The van der Waals surface area contributed by atoms with Crippen LogP contribution in [-0.2, 0) is 10.8 Å². The van der Waals surface area contributed by atoms with Crippen molar-refractivity contribution in [2.75, 3.05) is 7.05 Å². The standard InChI is InChI=1S/C13H15NOS/c1-11-5-7-12(8-6-11)16(15)13-4-3-9-14(2)10-13/h3,5-10H,4H2,1-2H3. The van der Waals surface area contributed by atoms with Crippen molar-refractivity contribution in [3.05, 3.63) is 53.2 Å². The number of aryl methyl sites for hydroxylation is 1. The maximum atomic E-state index is 12.2. The van der Waals surface area contributed by atoms with Crippen LogP contribution >= 0.6 is 0 Å². The Bertz CT molecular complexity index is 459. The molecule has 84 valence electrons. The van der Waals surface area contributed by atoms with E-state index in [1.807, 2.05) is 61.6 Å². The molecule has 1 aliphatic heterocycles. The molecule has 0 fully saturated rings. The molecule has 0 saturated carbocycles. The lowest BCUT2D eigenvalue weighted by atomic mass is 10.2. The van der Waals surface area contributed by atoms with Crippen molar-refractivity contribution >= 4 is 10.8 Å². The Morgan fingerprint density at radius 3 is 2.56 bits per heavy atom. The van der Waals surface area contributed by atoms with Crippen molar-refractivity contribution in [3.8, 4) is 0 Å². The fraction of sp³-hybridized carbons (Fsp3) is 0.231. The van der Waals surface area contributed by atoms with E-state index in [-0.39, 0.29) is 0 Å². The molecule has 2 nitrogen and oxygen atoms in total. The summed E-state index contributed by atoms with van der Waals surface area (Å²) in [5.41, 5.74) is 1.19. The Kier molecular flexibility index (Phi) is 3.25. The van der Waals surface area contributed by atoms with Gasteiger partial charge in [-0.2, -0.15) is 0 Å². The van der Waals surface area contributed by atoms with E-state index >= 15 is 0 Å². The van der Waals surface area contributed by atoms with Gasteiger partial charge in [0.15, 0.2) is 0 Å². The van der Waals surface area contributed by atoms with Gasteiger partial charge in [-0.1, -0.05) is 23.8 Å². The zero-order valence-electron chi connectivity index (χ0n) is 9.51. The van der Waals surface area contributed by atoms with Crippen molar-refractivity contribution in [2.24, 2.45) is 0 Å². The van der Waals surface area contributed by atoms with Gasteiger partial charge in [0.25, 0.3) is 0 Å². The van der Waals surface area contributed by atoms with Gasteiger partial charge in [-0.05, 0) is 25.3 Å². The number of benzene rings is 1. The van der Waals surface area contributed by atoms with E-state index in [1.165, 1.54) is 5.56 Å². The van der Waals surface area contributed by atoms with Crippen LogP contribution in [-0.4, -0.2) is 16.2 Å². The first-order chi connectivity index (χ1) is 7.66. The lowest BCUT2D eigenvalue weighted by molar-refractivity contribution is 0.607. The monoisotopic (exact) mass is 233 g/mol. The molecule has 0 aliphatic carbocycles. The fourth-order valence-corrected chi connectivity index (χ4v) is 2.79. The molecule has 1 aromatic carbocycles. The molecule has 16 heavy (non-hydrogen) atoms. The summed E-state index contributed by atoms with van der Waals surface area (Å²) in [6.45, 7) is 2.03. The zero-order valence-corrected chi connectivity index (χ0v) is 10.3. The molecule has 1 atom stereocenters. The molecule has 0 spiro atoms. The minimum absolute atomic E-state index is 0.769. The van der Waals surface area contributed by atoms with E-state index in [9.17, 15) is 4.21 Å². The van der Waals surface area contributed by atoms with Crippen LogP contribution in [0, 0.1) is 6.92 Å². The number of hydrogen-bond donors (Lipinski definition) is 0. The molecule has 1 unspecified atom stereocenters. The molecule has 1 aliphatic rings. The molecule has 0 radical (unpaired) electrons. The maximum Gasteiger partial charge on any atom is 0.0826 e. The molecular formula is C13H15NOS. The third kappa shape index (κ3) is 2.42. The van der Waals surface area contributed by atoms with Crippen LogP contribution in [0.5, 0.6) is 0 Å². The Balaban J connectivity index is 2.22. The molecular weight excluding hydrogens is 218 g/mol. The van der Waals surface area contributed by atoms with E-state index in [4.69, 9.17) is 0 Å². The van der Waals surface area contributed by atoms with E-state index in [2.05, 4.69) is 0 Å². The zero-order chi connectivity index (χ0) is 11.5. The van der Waals surface area contributed by atoms with E-state index in [0.29, 0.717) is 0 Å². The quantitative estimate of drug-likeness (QED) is 0.783. The highest BCUT2D eigenvalue weighted by Crippen LogP contribution is 2.21. The van der Waals surface area contributed by atoms with Gasteiger partial charge >= 0.3 is 0 Å². The third-order valence-corrected chi connectivity index (χ3v) is 3.93. The first kappa shape index (κ1) is 11.1. The highest BCUT2D eigenvalue weighted by molar-refractivity contribution is 7.89. The normalized spacial score (nSPS) is 17.1. The van der Waals surface area contributed by atoms with Gasteiger partial charge in [0.05, 0.1) is 10.8 Å². The molecule has 0 amide bonds. The van der Waals surface area contributed by atoms with Crippen LogP contribution in [0.2, 0.25) is 0 Å². The third-order valence-electron chi connectivity index (χ3n) is 2.48. The second kappa shape index (κ2) is 4.66. The predicted molar refractivity (Wildman–Crippen MR) is 67.2 cm³/mol. The van der Waals surface area contributed by atoms with Crippen LogP contribution in [0.1, 0.15) is 12.0 Å². The summed E-state index contributed by atoms with van der Waals surface area (Å²) in [4.78, 5) is 3.76. The van der Waals surface area contributed by atoms with E-state index < -0.39 is 10.8 Å². The SMILES string of the molecule is Cc1ccc(S(=O)C2=CN(C)C=CC2)cc1. The second-order valence-electron chi connectivity index (χ2n) is 3.93. The molecule has 1 heterocycles. The fourth-order valence-electron chi connectivity index (χ4n) is 1.59. The molecule has 1 aromatic rings. The minimum Gasteiger partial charge on any atom is -0.357 e. The van der Waals surface area contributed by atoms with Gasteiger partial charge in [-0.25, -0.2) is 4.21 Å². The predicted octanol–water partition coefficient (Wildman–Crippen LogP) is 2.79. The van der Waals surface area contributed by atoms with Crippen molar-refractivity contribution in [1.29, 1.82) is 0 Å². The largest absolute Gasteiger partial charge is 0.357 e. The number of nitrogens with zero attached hydrogens (tertiary/aromatic N) is 1. The summed E-state index contributed by atoms with van der Waals surface area (Å²) >= 11 is 0. The average molecular weight is 233 g/mol. The lowest BCUT2D eigenvalue weighted by Crippen LogP contribution is -2.09. The smallest absolute Gasteiger partial charge is 0.0826 e. The van der Waals surface area contributed by atoms with Crippen LogP contribution in [0.4, 0.5) is 0 Å². The van der Waals surface area contributed by atoms with Crippen LogP contribution in [0.3, 0.4) is 0 Å². The van der Waals surface area contributed by atoms with E-state index in [1.54, 1.807) is 0 Å². The summed E-state index contributed by atoms with van der Waals surface area (Å²) in [5, 5.41) is 0. The summed E-state index contributed by atoms with van der Waals surface area (Å²) < 4.78 is 12.2. The number of rotatable bonds is 2. The minimum atomic E-state index is -1.03. The van der Waals surface area contributed by atoms with Gasteiger partial charge in [-0.15, -0.1) is 0 Å². The first-order valence-electron chi connectivity index (χ1n) is 5.24. The summed E-state index contributed by atoms with van der Waals surface area (Å²) in [5.74, 6) is 0. The van der Waals surface area contributed by atoms with Gasteiger partial charge in [-0.3, -0.25) is 0 Å². The number of hydrogen-bond acceptors (Lipinski definition) is 2. The molecule has 3 heteroatoms. The molecule has 2 rings (SSSR count). The van der Waals surface area contributed by atoms with Crippen LogP contribution < -0.4 is 0 Å². The van der Waals surface area contributed by atoms with Gasteiger partial charge in [0.2, 0.25) is 0 Å². The van der Waals surface area contributed by atoms with Crippen LogP contribution in [0.15, 0.2) is 52.5 Å². The van der Waals surface area contributed by atoms with Crippen LogP contribution in [0.25, 0.3) is 0 Å². The molecule has 0 saturated heterocycles. The highest BCUT2D eigenvalue weighted by atomic mass is 32.2. The molecule has 0 aromatic heterocycles. The highest BCUT2D eigenvalue weighted by Gasteiger charge is 2.11. The van der Waals surface area contributed by atoms with Crippen molar-refractivity contribution in [3.63, 3.8) is 0 Å². The lowest BCUT2D eigenvalue weighted by Gasteiger charge is -2.16. The van der Waals surface area contributed by atoms with Crippen molar-refractivity contribution in [2.45, 2.75) is 18.2 Å². The summed E-state index contributed by atoms with van der Waals surface area (Å²) in [6.07, 6.45) is 6.72.